The molecular formula is C21H22N2O6. The summed E-state index contributed by atoms with van der Waals surface area (Å²) in [6, 6.07) is 10.2. The summed E-state index contributed by atoms with van der Waals surface area (Å²) < 4.78 is 21.1. The monoisotopic (exact) mass is 398 g/mol. The number of carbonyl (C=O) groups is 2. The maximum atomic E-state index is 12.8. The average Bonchev–Trinajstić information content (AvgIpc) is 2.96. The Morgan fingerprint density at radius 2 is 1.38 bits per heavy atom. The average molecular weight is 398 g/mol. The highest BCUT2D eigenvalue weighted by atomic mass is 16.5. The molecular weight excluding hydrogens is 376 g/mol. The van der Waals surface area contributed by atoms with Gasteiger partial charge in [-0.1, -0.05) is 6.07 Å². The summed E-state index contributed by atoms with van der Waals surface area (Å²) in [4.78, 5) is 26.6. The molecule has 0 aliphatic carbocycles. The van der Waals surface area contributed by atoms with E-state index in [0.29, 0.717) is 34.2 Å². The number of benzene rings is 2. The standard InChI is InChI=1S/C21H22N2O6/c1-23-20(24)18(12-6-7-16(28-4)17(8-12)29-5)19(21(23)25)22-13-9-14(26-2)11-15(10-13)27-3/h6-11,22H,1-5H3. The van der Waals surface area contributed by atoms with Crippen LogP contribution in [-0.4, -0.2) is 52.2 Å². The third kappa shape index (κ3) is 3.69. The van der Waals surface area contributed by atoms with Crippen molar-refractivity contribution in [3.8, 4) is 23.0 Å². The molecule has 152 valence electrons. The molecule has 0 fully saturated rings. The maximum Gasteiger partial charge on any atom is 0.277 e. The lowest BCUT2D eigenvalue weighted by molar-refractivity contribution is -0.135. The zero-order valence-corrected chi connectivity index (χ0v) is 16.9. The molecule has 0 saturated heterocycles. The van der Waals surface area contributed by atoms with Crippen molar-refractivity contribution in [2.24, 2.45) is 0 Å². The Bertz CT molecular complexity index is 976. The van der Waals surface area contributed by atoms with Crippen molar-refractivity contribution in [3.05, 3.63) is 47.7 Å². The number of hydrogen-bond donors (Lipinski definition) is 1. The maximum absolute atomic E-state index is 12.8. The third-order valence-corrected chi connectivity index (χ3v) is 4.58. The molecule has 2 amide bonds. The van der Waals surface area contributed by atoms with E-state index in [9.17, 15) is 9.59 Å². The molecule has 0 bridgehead atoms. The molecule has 0 unspecified atom stereocenters. The molecule has 0 atom stereocenters. The van der Waals surface area contributed by atoms with E-state index in [0.717, 1.165) is 4.90 Å². The van der Waals surface area contributed by atoms with Crippen molar-refractivity contribution in [2.75, 3.05) is 40.8 Å². The number of rotatable bonds is 7. The van der Waals surface area contributed by atoms with Crippen LogP contribution in [0.15, 0.2) is 42.1 Å². The van der Waals surface area contributed by atoms with Crippen molar-refractivity contribution < 1.29 is 28.5 Å². The molecule has 3 rings (SSSR count). The third-order valence-electron chi connectivity index (χ3n) is 4.58. The van der Waals surface area contributed by atoms with Crippen LogP contribution >= 0.6 is 0 Å². The summed E-state index contributed by atoms with van der Waals surface area (Å²) in [5, 5.41) is 3.05. The molecule has 0 saturated carbocycles. The van der Waals surface area contributed by atoms with Gasteiger partial charge in [-0.25, -0.2) is 0 Å². The van der Waals surface area contributed by atoms with Gasteiger partial charge in [-0.3, -0.25) is 14.5 Å². The Labute approximate surface area is 168 Å². The van der Waals surface area contributed by atoms with Crippen molar-refractivity contribution >= 4 is 23.1 Å². The van der Waals surface area contributed by atoms with Crippen LogP contribution in [0.5, 0.6) is 23.0 Å². The number of amides is 2. The van der Waals surface area contributed by atoms with Crippen molar-refractivity contribution in [3.63, 3.8) is 0 Å². The summed E-state index contributed by atoms with van der Waals surface area (Å²) in [6.07, 6.45) is 0. The molecule has 1 N–H and O–H groups in total. The highest BCUT2D eigenvalue weighted by Gasteiger charge is 2.37. The molecule has 1 heterocycles. The second kappa shape index (κ2) is 8.14. The van der Waals surface area contributed by atoms with Gasteiger partial charge in [0.25, 0.3) is 11.8 Å². The van der Waals surface area contributed by atoms with E-state index < -0.39 is 11.8 Å². The topological polar surface area (TPSA) is 86.3 Å². The van der Waals surface area contributed by atoms with Crippen LogP contribution in [0.4, 0.5) is 5.69 Å². The Morgan fingerprint density at radius 1 is 0.759 bits per heavy atom. The predicted molar refractivity (Wildman–Crippen MR) is 107 cm³/mol. The number of nitrogens with one attached hydrogen (secondary N) is 1. The Balaban J connectivity index is 2.11. The zero-order chi connectivity index (χ0) is 21.1. The van der Waals surface area contributed by atoms with E-state index in [1.165, 1.54) is 35.5 Å². The van der Waals surface area contributed by atoms with E-state index >= 15 is 0 Å². The lowest BCUT2D eigenvalue weighted by atomic mass is 10.0. The van der Waals surface area contributed by atoms with Crippen LogP contribution in [0.1, 0.15) is 5.56 Å². The van der Waals surface area contributed by atoms with E-state index in [1.807, 2.05) is 0 Å². The fraction of sp³-hybridized carbons (Fsp3) is 0.238. The first-order valence-electron chi connectivity index (χ1n) is 8.72. The van der Waals surface area contributed by atoms with Crippen LogP contribution in [0.25, 0.3) is 5.57 Å². The number of ether oxygens (including phenoxy) is 4. The summed E-state index contributed by atoms with van der Waals surface area (Å²) in [5.41, 5.74) is 1.47. The first-order valence-corrected chi connectivity index (χ1v) is 8.72. The SMILES string of the molecule is COc1cc(NC2=C(c3ccc(OC)c(OC)c3)C(=O)N(C)C2=O)cc(OC)c1. The Morgan fingerprint density at radius 3 is 1.93 bits per heavy atom. The number of anilines is 1. The van der Waals surface area contributed by atoms with Crippen molar-refractivity contribution in [1.82, 2.24) is 4.90 Å². The molecule has 8 nitrogen and oxygen atoms in total. The number of carbonyl (C=O) groups excluding carboxylic acids is 2. The highest BCUT2D eigenvalue weighted by Crippen LogP contribution is 2.36. The largest absolute Gasteiger partial charge is 0.497 e. The number of likely N-dealkylation sites (N-methyl/N-ethyl adjacent to an activating group) is 1. The van der Waals surface area contributed by atoms with Gasteiger partial charge >= 0.3 is 0 Å². The van der Waals surface area contributed by atoms with Crippen LogP contribution in [-0.2, 0) is 9.59 Å². The number of hydrogen-bond acceptors (Lipinski definition) is 7. The summed E-state index contributed by atoms with van der Waals surface area (Å²) in [6.45, 7) is 0. The molecule has 0 aromatic heterocycles. The van der Waals surface area contributed by atoms with Gasteiger partial charge in [-0.15, -0.1) is 0 Å². The molecule has 0 spiro atoms. The summed E-state index contributed by atoms with van der Waals surface area (Å²) >= 11 is 0. The molecule has 2 aromatic rings. The summed E-state index contributed by atoms with van der Waals surface area (Å²) in [5.74, 6) is 1.21. The fourth-order valence-electron chi connectivity index (χ4n) is 3.04. The van der Waals surface area contributed by atoms with Crippen LogP contribution in [0.3, 0.4) is 0 Å². The minimum atomic E-state index is -0.443. The normalized spacial score (nSPS) is 13.6. The minimum absolute atomic E-state index is 0.153. The van der Waals surface area contributed by atoms with Gasteiger partial charge in [0, 0.05) is 30.9 Å². The number of imide groups is 1. The van der Waals surface area contributed by atoms with Crippen LogP contribution < -0.4 is 24.3 Å². The smallest absolute Gasteiger partial charge is 0.277 e. The fourth-order valence-corrected chi connectivity index (χ4v) is 3.04. The predicted octanol–water partition coefficient (Wildman–Crippen LogP) is 2.54. The van der Waals surface area contributed by atoms with Gasteiger partial charge in [-0.05, 0) is 17.7 Å². The van der Waals surface area contributed by atoms with E-state index in [-0.39, 0.29) is 11.3 Å². The number of nitrogens with zero attached hydrogens (tertiary/aromatic N) is 1. The highest BCUT2D eigenvalue weighted by molar-refractivity contribution is 6.36. The van der Waals surface area contributed by atoms with E-state index in [1.54, 1.807) is 36.4 Å². The molecule has 2 aromatic carbocycles. The first-order chi connectivity index (χ1) is 13.9. The van der Waals surface area contributed by atoms with Gasteiger partial charge in [0.15, 0.2) is 11.5 Å². The van der Waals surface area contributed by atoms with E-state index in [2.05, 4.69) is 5.32 Å². The second-order valence-corrected chi connectivity index (χ2v) is 6.22. The van der Waals surface area contributed by atoms with Crippen LogP contribution in [0, 0.1) is 0 Å². The van der Waals surface area contributed by atoms with E-state index in [4.69, 9.17) is 18.9 Å². The molecule has 29 heavy (non-hydrogen) atoms. The molecule has 0 radical (unpaired) electrons. The van der Waals surface area contributed by atoms with Gasteiger partial charge < -0.3 is 24.3 Å². The number of methoxy groups -OCH3 is 4. The van der Waals surface area contributed by atoms with Gasteiger partial charge in [0.1, 0.15) is 17.2 Å². The first kappa shape index (κ1) is 20.1. The quantitative estimate of drug-likeness (QED) is 0.717. The second-order valence-electron chi connectivity index (χ2n) is 6.22. The summed E-state index contributed by atoms with van der Waals surface area (Å²) in [7, 11) is 7.53. The lowest BCUT2D eigenvalue weighted by Gasteiger charge is -2.13. The Kier molecular flexibility index (Phi) is 5.63. The van der Waals surface area contributed by atoms with Crippen molar-refractivity contribution in [2.45, 2.75) is 0 Å². The van der Waals surface area contributed by atoms with Gasteiger partial charge in [0.2, 0.25) is 0 Å². The molecule has 1 aliphatic rings. The lowest BCUT2D eigenvalue weighted by Crippen LogP contribution is -2.27. The molecule has 8 heteroatoms. The van der Waals surface area contributed by atoms with Gasteiger partial charge in [0.05, 0.1) is 34.0 Å². The van der Waals surface area contributed by atoms with Gasteiger partial charge in [-0.2, -0.15) is 0 Å². The zero-order valence-electron chi connectivity index (χ0n) is 16.9. The van der Waals surface area contributed by atoms with Crippen molar-refractivity contribution in [1.29, 1.82) is 0 Å². The Hall–Kier alpha value is -3.68. The molecule has 1 aliphatic heterocycles. The minimum Gasteiger partial charge on any atom is -0.497 e. The van der Waals surface area contributed by atoms with Crippen LogP contribution in [0.2, 0.25) is 0 Å².